The fourth-order valence-electron chi connectivity index (χ4n) is 0. The molecular formula is C20H46Ca3O20. The smallest absolute Gasteiger partial charge is 1.00 e. The Balaban J connectivity index is -0.0000000118. The molecule has 252 valence electrons. The van der Waals surface area contributed by atoms with E-state index in [0.717, 1.165) is 69.2 Å². The summed E-state index contributed by atoms with van der Waals surface area (Å²) in [6.45, 7) is 10.8. The van der Waals surface area contributed by atoms with Gasteiger partial charge in [0.2, 0.25) is 0 Å². The summed E-state index contributed by atoms with van der Waals surface area (Å²) in [5, 5.41) is 74.2. The van der Waals surface area contributed by atoms with E-state index < -0.39 is 59.7 Å². The van der Waals surface area contributed by atoms with Crippen molar-refractivity contribution in [1.29, 1.82) is 0 Å². The third-order valence-electron chi connectivity index (χ3n) is 0. The zero-order valence-electron chi connectivity index (χ0n) is 31.7. The largest absolute Gasteiger partial charge is 2.00 e. The molecule has 23 heteroatoms. The van der Waals surface area contributed by atoms with E-state index in [2.05, 4.69) is 0 Å². The molecule has 0 aliphatic carbocycles. The molecule has 20 nitrogen and oxygen atoms in total. The fourth-order valence-corrected chi connectivity index (χ4v) is 0. The van der Waals surface area contributed by atoms with Crippen LogP contribution in [0.4, 0.5) is 0 Å². The maximum Gasteiger partial charge on any atom is 2.00 e. The molecule has 0 radical (unpaired) electrons. The number of hydrogen-bond donors (Lipinski definition) is 10. The summed E-state index contributed by atoms with van der Waals surface area (Å²) in [4.78, 5) is 90.0. The first-order valence-electron chi connectivity index (χ1n) is 9.28. The number of carboxylic acids is 10. The van der Waals surface area contributed by atoms with Gasteiger partial charge in [-0.1, -0.05) is 0 Å². The second-order valence-corrected chi connectivity index (χ2v) is 5.19. The minimum Gasteiger partial charge on any atom is -1.00 e. The molecule has 0 aromatic rings. The Labute approximate surface area is 346 Å². The number of rotatable bonds is 0. The van der Waals surface area contributed by atoms with Crippen molar-refractivity contribution in [1.82, 2.24) is 0 Å². The Hall–Kier alpha value is -1.52. The van der Waals surface area contributed by atoms with Crippen LogP contribution in [0.15, 0.2) is 0 Å². The van der Waals surface area contributed by atoms with Crippen molar-refractivity contribution >= 4 is 173 Å². The Kier molecular flexibility index (Phi) is 152. The van der Waals surface area contributed by atoms with Crippen LogP contribution in [0.5, 0.6) is 0 Å². The second kappa shape index (κ2) is 77.8. The van der Waals surface area contributed by atoms with Gasteiger partial charge in [0.15, 0.2) is 0 Å². The summed E-state index contributed by atoms with van der Waals surface area (Å²) in [5.41, 5.74) is 0. The summed E-state index contributed by atoms with van der Waals surface area (Å²) in [7, 11) is 0. The van der Waals surface area contributed by atoms with Crippen LogP contribution < -0.4 is 0 Å². The van der Waals surface area contributed by atoms with Gasteiger partial charge in [0.25, 0.3) is 59.7 Å². The second-order valence-electron chi connectivity index (χ2n) is 5.19. The van der Waals surface area contributed by atoms with Crippen molar-refractivity contribution in [2.45, 2.75) is 69.2 Å². The third-order valence-corrected chi connectivity index (χ3v) is 0. The van der Waals surface area contributed by atoms with E-state index in [1.165, 1.54) is 0 Å². The van der Waals surface area contributed by atoms with Crippen LogP contribution in [0, 0.1) is 0 Å². The van der Waals surface area contributed by atoms with Crippen molar-refractivity contribution in [3.05, 3.63) is 0 Å². The Morgan fingerprint density at radius 1 is 0.233 bits per heavy atom. The molecule has 0 unspecified atom stereocenters. The molecule has 0 spiro atoms. The topological polar surface area (TPSA) is 373 Å². The van der Waals surface area contributed by atoms with Gasteiger partial charge in [-0.3, -0.25) is 47.9 Å². The molecule has 0 aliphatic heterocycles. The zero-order valence-corrected chi connectivity index (χ0v) is 32.3. The van der Waals surface area contributed by atoms with Crippen LogP contribution in [0.25, 0.3) is 0 Å². The van der Waals surface area contributed by atoms with Gasteiger partial charge in [-0.2, -0.15) is 0 Å². The minimum absolute atomic E-state index is 0. The normalized spacial score (nSPS) is 5.81. The monoisotopic (exact) mass is 726 g/mol. The Morgan fingerprint density at radius 2 is 0.233 bits per heavy atom. The maximum absolute atomic E-state index is 9.00. The third kappa shape index (κ3) is 25900. The predicted octanol–water partition coefficient (Wildman–Crippen LogP) is 0.442. The number of carbonyl (C=O) groups is 10. The molecule has 0 fully saturated rings. The van der Waals surface area contributed by atoms with Crippen molar-refractivity contribution in [3.8, 4) is 0 Å². The number of hydrogen-bond acceptors (Lipinski definition) is 10. The molecule has 10 N–H and O–H groups in total. The van der Waals surface area contributed by atoms with Crippen molar-refractivity contribution < 1.29 is 108 Å². The van der Waals surface area contributed by atoms with Crippen molar-refractivity contribution in [3.63, 3.8) is 0 Å². The van der Waals surface area contributed by atoms with E-state index in [0.29, 0.717) is 0 Å². The average Bonchev–Trinajstić information content (AvgIpc) is 2.47. The quantitative estimate of drug-likeness (QED) is 0.151. The molecule has 0 saturated heterocycles. The summed E-state index contributed by atoms with van der Waals surface area (Å²) in [5.74, 6) is -8.33. The van der Waals surface area contributed by atoms with Crippen LogP contribution in [0.1, 0.15) is 77.8 Å². The molecular weight excluding hydrogens is 680 g/mol. The summed E-state index contributed by atoms with van der Waals surface area (Å²) in [6, 6.07) is 0. The van der Waals surface area contributed by atoms with Crippen LogP contribution in [0.2, 0.25) is 0 Å². The first kappa shape index (κ1) is 83.8. The molecule has 0 aliphatic rings. The van der Waals surface area contributed by atoms with Gasteiger partial charge in [0.05, 0.1) is 0 Å². The van der Waals surface area contributed by atoms with Crippen molar-refractivity contribution in [2.24, 2.45) is 0 Å². The van der Waals surface area contributed by atoms with Gasteiger partial charge in [-0.25, -0.2) is 0 Å². The molecule has 0 atom stereocenters. The number of aliphatic carboxylic acids is 10. The molecule has 43 heavy (non-hydrogen) atoms. The fraction of sp³-hybridized carbons (Fsp3) is 0.500. The van der Waals surface area contributed by atoms with E-state index in [1.807, 2.05) is 0 Å². The van der Waals surface area contributed by atoms with Crippen LogP contribution in [-0.4, -0.2) is 224 Å². The Morgan fingerprint density at radius 3 is 0.233 bits per heavy atom. The standard InChI is InChI=1S/10C2H4O2.3Ca.6H/c10*1-2(3)4;;;;;;;;;/h10*1H3,(H,3,4);;;;;;;;;/q;;;;;;;;;;3*+2;6*-1. The average molecular weight is 727 g/mol. The molecule has 0 rings (SSSR count). The van der Waals surface area contributed by atoms with E-state index >= 15 is 0 Å². The molecule has 0 aromatic carbocycles. The first-order valence-corrected chi connectivity index (χ1v) is 9.28. The van der Waals surface area contributed by atoms with E-state index in [-0.39, 0.29) is 122 Å². The van der Waals surface area contributed by atoms with Gasteiger partial charge in [0, 0.05) is 69.2 Å². The summed E-state index contributed by atoms with van der Waals surface area (Å²) >= 11 is 0. The molecule has 0 bridgehead atoms. The predicted molar refractivity (Wildman–Crippen MR) is 157 cm³/mol. The SMILES string of the molecule is CC(=O)O.CC(=O)O.CC(=O)O.CC(=O)O.CC(=O)O.CC(=O)O.CC(=O)O.CC(=O)O.CC(=O)O.CC(=O)O.[Ca+2].[Ca+2].[Ca+2].[H-].[H-].[H-].[H-].[H-].[H-]. The Bertz CT molecular complexity index is 511. The maximum atomic E-state index is 9.00. The van der Waals surface area contributed by atoms with Crippen molar-refractivity contribution in [2.75, 3.05) is 0 Å². The van der Waals surface area contributed by atoms with Crippen LogP contribution >= 0.6 is 0 Å². The van der Waals surface area contributed by atoms with Gasteiger partial charge in [-0.15, -0.1) is 0 Å². The zero-order chi connectivity index (χ0) is 35.8. The first-order chi connectivity index (χ1) is 17.3. The van der Waals surface area contributed by atoms with Crippen LogP contribution in [0.3, 0.4) is 0 Å². The number of carboxylic acid groups (broad SMARTS) is 10. The van der Waals surface area contributed by atoms with E-state index in [9.17, 15) is 0 Å². The minimum atomic E-state index is -0.833. The van der Waals surface area contributed by atoms with E-state index in [1.54, 1.807) is 0 Å². The van der Waals surface area contributed by atoms with Gasteiger partial charge < -0.3 is 59.6 Å². The molecule has 0 amide bonds. The van der Waals surface area contributed by atoms with Gasteiger partial charge in [0.1, 0.15) is 0 Å². The van der Waals surface area contributed by atoms with Gasteiger partial charge in [-0.05, 0) is 0 Å². The summed E-state index contributed by atoms with van der Waals surface area (Å²) < 4.78 is 0. The van der Waals surface area contributed by atoms with Gasteiger partial charge >= 0.3 is 113 Å². The van der Waals surface area contributed by atoms with E-state index in [4.69, 9.17) is 99.0 Å². The molecule has 0 heterocycles. The van der Waals surface area contributed by atoms with Crippen LogP contribution in [-0.2, 0) is 47.9 Å². The molecule has 0 saturated carbocycles. The molecule has 0 aromatic heterocycles. The summed E-state index contributed by atoms with van der Waals surface area (Å²) in [6.07, 6.45) is 0.